The van der Waals surface area contributed by atoms with Crippen molar-refractivity contribution in [2.75, 3.05) is 53.4 Å². The minimum Gasteiger partial charge on any atom is -0.355 e. The van der Waals surface area contributed by atoms with E-state index in [0.717, 1.165) is 38.7 Å². The van der Waals surface area contributed by atoms with Gasteiger partial charge in [0.15, 0.2) is 5.96 Å². The predicted octanol–water partition coefficient (Wildman–Crippen LogP) is 2.23. The van der Waals surface area contributed by atoms with E-state index in [2.05, 4.69) is 60.2 Å². The molecule has 22 heavy (non-hydrogen) atoms. The zero-order chi connectivity index (χ0) is 16.1. The molecule has 0 saturated heterocycles. The molecule has 1 unspecified atom stereocenters. The van der Waals surface area contributed by atoms with Crippen molar-refractivity contribution in [3.05, 3.63) is 0 Å². The minimum atomic E-state index is 0. The van der Waals surface area contributed by atoms with E-state index in [1.807, 2.05) is 7.05 Å². The maximum absolute atomic E-state index is 4.29. The van der Waals surface area contributed by atoms with Crippen molar-refractivity contribution < 1.29 is 0 Å². The normalized spacial score (nSPS) is 13.2. The number of rotatable bonds is 11. The van der Waals surface area contributed by atoms with E-state index in [-0.39, 0.29) is 24.0 Å². The predicted molar refractivity (Wildman–Crippen MR) is 110 cm³/mol. The van der Waals surface area contributed by atoms with Crippen LogP contribution in [0.1, 0.15) is 40.5 Å². The molecule has 0 bridgehead atoms. The number of likely N-dealkylation sites (N-methyl/N-ethyl adjacent to an activating group) is 1. The molecule has 0 saturated carbocycles. The second-order valence-corrected chi connectivity index (χ2v) is 5.61. The van der Waals surface area contributed by atoms with Crippen LogP contribution in [0.25, 0.3) is 0 Å². The van der Waals surface area contributed by atoms with Gasteiger partial charge < -0.3 is 20.4 Å². The van der Waals surface area contributed by atoms with E-state index >= 15 is 0 Å². The molecule has 0 rings (SSSR count). The van der Waals surface area contributed by atoms with E-state index in [1.54, 1.807) is 0 Å². The molecule has 0 heterocycles. The first-order valence-electron chi connectivity index (χ1n) is 8.45. The van der Waals surface area contributed by atoms with E-state index in [1.165, 1.54) is 19.4 Å². The lowest BCUT2D eigenvalue weighted by atomic mass is 10.2. The van der Waals surface area contributed by atoms with Crippen LogP contribution in [0.5, 0.6) is 0 Å². The summed E-state index contributed by atoms with van der Waals surface area (Å²) in [6.07, 6.45) is 2.40. The molecule has 0 radical (unpaired) electrons. The highest BCUT2D eigenvalue weighted by atomic mass is 127. The van der Waals surface area contributed by atoms with Crippen molar-refractivity contribution in [1.82, 2.24) is 20.4 Å². The third-order valence-corrected chi connectivity index (χ3v) is 3.94. The Bertz CT molecular complexity index is 269. The molecular formula is C16H38IN5. The first-order chi connectivity index (χ1) is 10.1. The molecule has 0 aliphatic heterocycles. The molecule has 6 heteroatoms. The Morgan fingerprint density at radius 3 is 2.23 bits per heavy atom. The molecular weight excluding hydrogens is 389 g/mol. The Labute approximate surface area is 155 Å². The second kappa shape index (κ2) is 15.8. The van der Waals surface area contributed by atoms with Crippen molar-refractivity contribution in [3.63, 3.8) is 0 Å². The maximum atomic E-state index is 4.29. The molecule has 5 nitrogen and oxygen atoms in total. The van der Waals surface area contributed by atoms with E-state index in [9.17, 15) is 0 Å². The number of aliphatic imine (C=N–C) groups is 1. The van der Waals surface area contributed by atoms with Crippen molar-refractivity contribution in [1.29, 1.82) is 0 Å². The fourth-order valence-electron chi connectivity index (χ4n) is 2.18. The van der Waals surface area contributed by atoms with Crippen LogP contribution >= 0.6 is 24.0 Å². The largest absolute Gasteiger partial charge is 0.355 e. The Hall–Kier alpha value is -0.0800. The lowest BCUT2D eigenvalue weighted by Crippen LogP contribution is -2.44. The van der Waals surface area contributed by atoms with Crippen LogP contribution in [0.2, 0.25) is 0 Å². The van der Waals surface area contributed by atoms with Gasteiger partial charge in [-0.2, -0.15) is 0 Å². The lowest BCUT2D eigenvalue weighted by Gasteiger charge is -2.21. The lowest BCUT2D eigenvalue weighted by molar-refractivity contribution is 0.292. The Balaban J connectivity index is 0. The third-order valence-electron chi connectivity index (χ3n) is 3.94. The number of halogens is 1. The molecule has 0 fully saturated rings. The van der Waals surface area contributed by atoms with Crippen molar-refractivity contribution >= 4 is 29.9 Å². The van der Waals surface area contributed by atoms with Crippen molar-refractivity contribution in [2.45, 2.75) is 46.6 Å². The molecule has 134 valence electrons. The van der Waals surface area contributed by atoms with Crippen LogP contribution in [-0.4, -0.2) is 75.2 Å². The molecule has 2 N–H and O–H groups in total. The summed E-state index contributed by atoms with van der Waals surface area (Å²) in [7, 11) is 3.97. The van der Waals surface area contributed by atoms with E-state index < -0.39 is 0 Å². The van der Waals surface area contributed by atoms with Gasteiger partial charge in [0.25, 0.3) is 0 Å². The van der Waals surface area contributed by atoms with Gasteiger partial charge in [0, 0.05) is 26.2 Å². The van der Waals surface area contributed by atoms with E-state index in [0.29, 0.717) is 6.04 Å². The molecule has 0 aromatic carbocycles. The van der Waals surface area contributed by atoms with Gasteiger partial charge in [-0.05, 0) is 53.0 Å². The van der Waals surface area contributed by atoms with Crippen LogP contribution in [0.4, 0.5) is 0 Å². The highest BCUT2D eigenvalue weighted by Crippen LogP contribution is 1.99. The van der Waals surface area contributed by atoms with Crippen LogP contribution < -0.4 is 10.6 Å². The average Bonchev–Trinajstić information content (AvgIpc) is 2.50. The maximum Gasteiger partial charge on any atom is 0.191 e. The molecule has 1 atom stereocenters. The summed E-state index contributed by atoms with van der Waals surface area (Å²) in [6, 6.07) is 0.454. The highest BCUT2D eigenvalue weighted by Gasteiger charge is 2.06. The molecule has 0 aliphatic carbocycles. The zero-order valence-electron chi connectivity index (χ0n) is 15.5. The van der Waals surface area contributed by atoms with Gasteiger partial charge in [-0.25, -0.2) is 0 Å². The van der Waals surface area contributed by atoms with Gasteiger partial charge in [-0.1, -0.05) is 20.8 Å². The monoisotopic (exact) mass is 427 g/mol. The Morgan fingerprint density at radius 1 is 1.09 bits per heavy atom. The van der Waals surface area contributed by atoms with Gasteiger partial charge >= 0.3 is 0 Å². The molecule has 0 aromatic heterocycles. The summed E-state index contributed by atoms with van der Waals surface area (Å²) in [5.41, 5.74) is 0. The van der Waals surface area contributed by atoms with Gasteiger partial charge in [0.05, 0.1) is 0 Å². The van der Waals surface area contributed by atoms with Crippen LogP contribution in [0.3, 0.4) is 0 Å². The van der Waals surface area contributed by atoms with Gasteiger partial charge in [0.1, 0.15) is 0 Å². The number of hydrogen-bond donors (Lipinski definition) is 2. The number of hydrogen-bond acceptors (Lipinski definition) is 3. The fourth-order valence-corrected chi connectivity index (χ4v) is 2.18. The van der Waals surface area contributed by atoms with Crippen LogP contribution in [0, 0.1) is 0 Å². The fraction of sp³-hybridized carbons (Fsp3) is 0.938. The Kier molecular flexibility index (Phi) is 17.4. The SMILES string of the molecule is CCN(C)CCNC(=NC)NC(C)CCCN(CC)CC.I. The first kappa shape index (κ1) is 24.2. The summed E-state index contributed by atoms with van der Waals surface area (Å²) in [4.78, 5) is 9.05. The minimum absolute atomic E-state index is 0. The van der Waals surface area contributed by atoms with Crippen LogP contribution in [0.15, 0.2) is 4.99 Å². The van der Waals surface area contributed by atoms with Crippen molar-refractivity contribution in [3.8, 4) is 0 Å². The van der Waals surface area contributed by atoms with Crippen LogP contribution in [-0.2, 0) is 0 Å². The smallest absolute Gasteiger partial charge is 0.191 e. The van der Waals surface area contributed by atoms with Gasteiger partial charge in [0.2, 0.25) is 0 Å². The molecule has 0 aromatic rings. The average molecular weight is 427 g/mol. The first-order valence-corrected chi connectivity index (χ1v) is 8.45. The summed E-state index contributed by atoms with van der Waals surface area (Å²) in [5, 5.41) is 6.84. The number of nitrogens with one attached hydrogen (secondary N) is 2. The number of guanidine groups is 1. The second-order valence-electron chi connectivity index (χ2n) is 5.61. The third kappa shape index (κ3) is 12.5. The zero-order valence-corrected chi connectivity index (χ0v) is 17.8. The topological polar surface area (TPSA) is 42.9 Å². The van der Waals surface area contributed by atoms with Gasteiger partial charge in [-0.15, -0.1) is 24.0 Å². The number of nitrogens with zero attached hydrogens (tertiary/aromatic N) is 3. The summed E-state index contributed by atoms with van der Waals surface area (Å²) < 4.78 is 0. The van der Waals surface area contributed by atoms with Gasteiger partial charge in [-0.3, -0.25) is 4.99 Å². The van der Waals surface area contributed by atoms with Crippen molar-refractivity contribution in [2.24, 2.45) is 4.99 Å². The summed E-state index contributed by atoms with van der Waals surface area (Å²) >= 11 is 0. The Morgan fingerprint density at radius 2 is 1.73 bits per heavy atom. The molecule has 0 amide bonds. The standard InChI is InChI=1S/C16H37N5.HI/c1-7-20(6)14-12-18-16(17-5)19-15(4)11-10-13-21(8-2)9-3;/h15H,7-14H2,1-6H3,(H2,17,18,19);1H. The molecule has 0 aliphatic rings. The highest BCUT2D eigenvalue weighted by molar-refractivity contribution is 14.0. The van der Waals surface area contributed by atoms with E-state index in [4.69, 9.17) is 0 Å². The summed E-state index contributed by atoms with van der Waals surface area (Å²) in [6.45, 7) is 15.4. The summed E-state index contributed by atoms with van der Waals surface area (Å²) in [5.74, 6) is 0.912. The molecule has 0 spiro atoms. The quantitative estimate of drug-likeness (QED) is 0.302.